The van der Waals surface area contributed by atoms with Crippen LogP contribution in [0.4, 0.5) is 0 Å². The molecule has 0 amide bonds. The van der Waals surface area contributed by atoms with E-state index in [-0.39, 0.29) is 6.10 Å². The molecular formula is C16H20N2O2. The summed E-state index contributed by atoms with van der Waals surface area (Å²) in [7, 11) is 0. The molecule has 0 aliphatic carbocycles. The molecule has 4 heteroatoms. The van der Waals surface area contributed by atoms with Gasteiger partial charge in [-0.05, 0) is 11.6 Å². The van der Waals surface area contributed by atoms with Crippen molar-refractivity contribution in [3.63, 3.8) is 0 Å². The Bertz CT molecular complexity index is 594. The van der Waals surface area contributed by atoms with Gasteiger partial charge in [0.25, 0.3) is 0 Å². The van der Waals surface area contributed by atoms with E-state index in [9.17, 15) is 0 Å². The van der Waals surface area contributed by atoms with Crippen molar-refractivity contribution in [2.24, 2.45) is 0 Å². The molecule has 0 bridgehead atoms. The highest BCUT2D eigenvalue weighted by molar-refractivity contribution is 5.82. The van der Waals surface area contributed by atoms with E-state index < -0.39 is 0 Å². The molecule has 0 spiro atoms. The number of pyridine rings is 1. The molecule has 2 heterocycles. The average Bonchev–Trinajstić information content (AvgIpc) is 2.40. The van der Waals surface area contributed by atoms with Crippen LogP contribution in [0.5, 0.6) is 5.88 Å². The molecule has 106 valence electrons. The number of rotatable bonds is 5. The molecule has 0 unspecified atom stereocenters. The number of aromatic nitrogens is 1. The van der Waals surface area contributed by atoms with E-state index in [2.05, 4.69) is 30.2 Å². The minimum atomic E-state index is 0.148. The Balaban J connectivity index is 1.91. The summed E-state index contributed by atoms with van der Waals surface area (Å²) >= 11 is 0. The van der Waals surface area contributed by atoms with Crippen molar-refractivity contribution in [3.8, 4) is 5.88 Å². The second kappa shape index (κ2) is 5.77. The van der Waals surface area contributed by atoms with E-state index in [4.69, 9.17) is 9.47 Å². The third kappa shape index (κ3) is 2.92. The average molecular weight is 272 g/mol. The number of nitrogens with one attached hydrogen (secondary N) is 1. The van der Waals surface area contributed by atoms with Crippen LogP contribution in [0.2, 0.25) is 0 Å². The maximum atomic E-state index is 5.84. The standard InChI is InChI=1S/C16H20N2O2/c1-11(2)17-8-12-7-16(20-13-9-19-10-13)18-15-6-4-3-5-14(12)15/h3-7,11,13,17H,8-10H2,1-2H3. The number of hydrogen-bond donors (Lipinski definition) is 1. The molecule has 0 radical (unpaired) electrons. The zero-order valence-corrected chi connectivity index (χ0v) is 11.9. The number of fused-ring (bicyclic) bond motifs is 1. The predicted molar refractivity (Wildman–Crippen MR) is 79.0 cm³/mol. The zero-order chi connectivity index (χ0) is 13.9. The van der Waals surface area contributed by atoms with Gasteiger partial charge in [-0.2, -0.15) is 0 Å². The lowest BCUT2D eigenvalue weighted by Gasteiger charge is -2.26. The summed E-state index contributed by atoms with van der Waals surface area (Å²) in [6.45, 7) is 6.43. The summed E-state index contributed by atoms with van der Waals surface area (Å²) in [5.74, 6) is 0.692. The first-order chi connectivity index (χ1) is 9.72. The molecule has 1 saturated heterocycles. The summed E-state index contributed by atoms with van der Waals surface area (Å²) in [5, 5.41) is 4.63. The van der Waals surface area contributed by atoms with E-state index in [1.54, 1.807) is 0 Å². The third-order valence-electron chi connectivity index (χ3n) is 3.37. The first-order valence-corrected chi connectivity index (χ1v) is 7.09. The molecule has 1 N–H and O–H groups in total. The molecule has 1 aliphatic heterocycles. The predicted octanol–water partition coefficient (Wildman–Crippen LogP) is 2.51. The molecule has 1 aromatic carbocycles. The fourth-order valence-electron chi connectivity index (χ4n) is 2.19. The first-order valence-electron chi connectivity index (χ1n) is 7.09. The van der Waals surface area contributed by atoms with Crippen molar-refractivity contribution in [3.05, 3.63) is 35.9 Å². The van der Waals surface area contributed by atoms with Crippen LogP contribution in [0.1, 0.15) is 19.4 Å². The van der Waals surface area contributed by atoms with Gasteiger partial charge in [-0.3, -0.25) is 0 Å². The normalized spacial score (nSPS) is 15.6. The minimum absolute atomic E-state index is 0.148. The highest BCUT2D eigenvalue weighted by atomic mass is 16.6. The van der Waals surface area contributed by atoms with Gasteiger partial charge in [0.05, 0.1) is 18.7 Å². The largest absolute Gasteiger partial charge is 0.469 e. The van der Waals surface area contributed by atoms with Crippen molar-refractivity contribution in [2.75, 3.05) is 13.2 Å². The fourth-order valence-corrected chi connectivity index (χ4v) is 2.19. The topological polar surface area (TPSA) is 43.4 Å². The summed E-state index contributed by atoms with van der Waals surface area (Å²) in [5.41, 5.74) is 2.20. The van der Waals surface area contributed by atoms with Crippen LogP contribution in [0.25, 0.3) is 10.9 Å². The van der Waals surface area contributed by atoms with Crippen LogP contribution in [0.3, 0.4) is 0 Å². The van der Waals surface area contributed by atoms with Crippen molar-refractivity contribution >= 4 is 10.9 Å². The Morgan fingerprint density at radius 3 is 2.85 bits per heavy atom. The smallest absolute Gasteiger partial charge is 0.214 e. The number of nitrogens with zero attached hydrogens (tertiary/aromatic N) is 1. The van der Waals surface area contributed by atoms with Gasteiger partial charge in [0.15, 0.2) is 0 Å². The second-order valence-electron chi connectivity index (χ2n) is 5.45. The molecule has 20 heavy (non-hydrogen) atoms. The van der Waals surface area contributed by atoms with Gasteiger partial charge in [-0.15, -0.1) is 0 Å². The first kappa shape index (κ1) is 13.3. The highest BCUT2D eigenvalue weighted by Crippen LogP contribution is 2.23. The summed E-state index contributed by atoms with van der Waals surface area (Å²) < 4.78 is 11.0. The van der Waals surface area contributed by atoms with Gasteiger partial charge in [0.1, 0.15) is 6.10 Å². The summed E-state index contributed by atoms with van der Waals surface area (Å²) in [6.07, 6.45) is 0.148. The van der Waals surface area contributed by atoms with Crippen LogP contribution in [-0.4, -0.2) is 30.3 Å². The van der Waals surface area contributed by atoms with Crippen LogP contribution in [0, 0.1) is 0 Å². The zero-order valence-electron chi connectivity index (χ0n) is 11.9. The van der Waals surface area contributed by atoms with Gasteiger partial charge >= 0.3 is 0 Å². The van der Waals surface area contributed by atoms with Crippen LogP contribution < -0.4 is 10.1 Å². The van der Waals surface area contributed by atoms with Gasteiger partial charge in [-0.1, -0.05) is 32.0 Å². The number of ether oxygens (including phenoxy) is 2. The van der Waals surface area contributed by atoms with Crippen LogP contribution >= 0.6 is 0 Å². The summed E-state index contributed by atoms with van der Waals surface area (Å²) in [6, 6.07) is 10.7. The maximum absolute atomic E-state index is 5.84. The van der Waals surface area contributed by atoms with Gasteiger partial charge in [-0.25, -0.2) is 4.98 Å². The quantitative estimate of drug-likeness (QED) is 0.908. The van der Waals surface area contributed by atoms with Crippen LogP contribution in [0.15, 0.2) is 30.3 Å². The third-order valence-corrected chi connectivity index (χ3v) is 3.37. The van der Waals surface area contributed by atoms with Crippen LogP contribution in [-0.2, 0) is 11.3 Å². The van der Waals surface area contributed by atoms with E-state index in [0.29, 0.717) is 25.1 Å². The number of hydrogen-bond acceptors (Lipinski definition) is 4. The molecular weight excluding hydrogens is 252 g/mol. The molecule has 1 fully saturated rings. The van der Waals surface area contributed by atoms with E-state index in [1.807, 2.05) is 24.3 Å². The molecule has 1 aliphatic rings. The van der Waals surface area contributed by atoms with Gasteiger partial charge in [0, 0.05) is 24.0 Å². The maximum Gasteiger partial charge on any atom is 0.214 e. The Labute approximate surface area is 119 Å². The van der Waals surface area contributed by atoms with Gasteiger partial charge < -0.3 is 14.8 Å². The van der Waals surface area contributed by atoms with E-state index >= 15 is 0 Å². The Hall–Kier alpha value is -1.65. The highest BCUT2D eigenvalue weighted by Gasteiger charge is 2.21. The second-order valence-corrected chi connectivity index (χ2v) is 5.45. The molecule has 3 rings (SSSR count). The van der Waals surface area contributed by atoms with Crippen molar-refractivity contribution in [1.29, 1.82) is 0 Å². The fraction of sp³-hybridized carbons (Fsp3) is 0.438. The van der Waals surface area contributed by atoms with Gasteiger partial charge in [0.2, 0.25) is 5.88 Å². The Kier molecular flexibility index (Phi) is 3.85. The monoisotopic (exact) mass is 272 g/mol. The van der Waals surface area contributed by atoms with E-state index in [0.717, 1.165) is 12.1 Å². The minimum Gasteiger partial charge on any atom is -0.469 e. The SMILES string of the molecule is CC(C)NCc1cc(OC2COC2)nc2ccccc12. The summed E-state index contributed by atoms with van der Waals surface area (Å²) in [4.78, 5) is 4.58. The number of para-hydroxylation sites is 1. The molecule has 0 atom stereocenters. The lowest BCUT2D eigenvalue weighted by Crippen LogP contribution is -2.38. The van der Waals surface area contributed by atoms with Crippen molar-refractivity contribution < 1.29 is 9.47 Å². The van der Waals surface area contributed by atoms with Crippen molar-refractivity contribution in [1.82, 2.24) is 10.3 Å². The molecule has 2 aromatic rings. The molecule has 0 saturated carbocycles. The Morgan fingerprint density at radius 2 is 2.15 bits per heavy atom. The lowest BCUT2D eigenvalue weighted by atomic mass is 10.1. The molecule has 1 aromatic heterocycles. The van der Waals surface area contributed by atoms with Crippen molar-refractivity contribution in [2.45, 2.75) is 32.5 Å². The molecule has 4 nitrogen and oxygen atoms in total. The lowest BCUT2D eigenvalue weighted by molar-refractivity contribution is -0.0812. The number of benzene rings is 1. The van der Waals surface area contributed by atoms with E-state index in [1.165, 1.54) is 10.9 Å². The Morgan fingerprint density at radius 1 is 1.35 bits per heavy atom.